The molecule has 1 atom stereocenters. The molecule has 0 radical (unpaired) electrons. The van der Waals surface area contributed by atoms with Crippen LogP contribution in [0, 0.1) is 11.6 Å². The lowest BCUT2D eigenvalue weighted by Crippen LogP contribution is -2.42. The topological polar surface area (TPSA) is 70.5 Å². The summed E-state index contributed by atoms with van der Waals surface area (Å²) >= 11 is 5.88. The van der Waals surface area contributed by atoms with Crippen LogP contribution in [0.25, 0.3) is 10.9 Å². The molecule has 5 nitrogen and oxygen atoms in total. The molecule has 1 heterocycles. The van der Waals surface area contributed by atoms with Crippen LogP contribution in [0.3, 0.4) is 0 Å². The lowest BCUT2D eigenvalue weighted by Gasteiger charge is -2.19. The van der Waals surface area contributed by atoms with E-state index in [-0.39, 0.29) is 21.6 Å². The Labute approximate surface area is 129 Å². The number of aromatic nitrogens is 1. The number of fused-ring (bicyclic) bond motifs is 1. The highest BCUT2D eigenvalue weighted by molar-refractivity contribution is 6.34. The molecule has 0 saturated heterocycles. The van der Waals surface area contributed by atoms with Gasteiger partial charge in [-0.3, -0.25) is 14.5 Å². The Kier molecular flexibility index (Phi) is 4.39. The second-order valence-electron chi connectivity index (χ2n) is 4.85. The number of likely N-dealkylation sites (N-methyl/N-ethyl adjacent to an activating group) is 1. The van der Waals surface area contributed by atoms with Crippen molar-refractivity contribution in [2.24, 2.45) is 0 Å². The van der Waals surface area contributed by atoms with Gasteiger partial charge in [-0.15, -0.1) is 0 Å². The molecule has 0 aliphatic carbocycles. The molecule has 1 unspecified atom stereocenters. The summed E-state index contributed by atoms with van der Waals surface area (Å²) < 4.78 is 26.4. The van der Waals surface area contributed by atoms with E-state index >= 15 is 0 Å². The minimum Gasteiger partial charge on any atom is -0.480 e. The van der Waals surface area contributed by atoms with Gasteiger partial charge in [0.05, 0.1) is 11.1 Å². The molecule has 8 heteroatoms. The van der Waals surface area contributed by atoms with Gasteiger partial charge < -0.3 is 5.11 Å². The van der Waals surface area contributed by atoms with E-state index in [0.717, 1.165) is 12.1 Å². The number of nitrogens with zero attached hydrogens (tertiary/aromatic N) is 2. The second kappa shape index (κ2) is 5.94. The first-order valence-corrected chi connectivity index (χ1v) is 6.49. The van der Waals surface area contributed by atoms with E-state index in [2.05, 4.69) is 4.98 Å². The molecule has 1 aromatic heterocycles. The standard InChI is InChI=1S/C14H11ClF2N2O3/c1-19(2)11(14(21)22)12(20)7-3-6-4-8(16)9(17)5-10(6)18-13(7)15/h3-5,11H,1-2H3,(H,21,22). The minimum absolute atomic E-state index is 0.0668. The summed E-state index contributed by atoms with van der Waals surface area (Å²) in [6.45, 7) is 0. The average Bonchev–Trinajstić information content (AvgIpc) is 2.39. The van der Waals surface area contributed by atoms with Crippen molar-refractivity contribution in [1.82, 2.24) is 9.88 Å². The number of hydrogen-bond acceptors (Lipinski definition) is 4. The van der Waals surface area contributed by atoms with Crippen molar-refractivity contribution in [2.45, 2.75) is 6.04 Å². The van der Waals surface area contributed by atoms with Gasteiger partial charge in [0.15, 0.2) is 23.5 Å². The van der Waals surface area contributed by atoms with Crippen molar-refractivity contribution in [2.75, 3.05) is 14.1 Å². The van der Waals surface area contributed by atoms with Gasteiger partial charge in [0.25, 0.3) is 0 Å². The van der Waals surface area contributed by atoms with Gasteiger partial charge in [-0.05, 0) is 26.2 Å². The van der Waals surface area contributed by atoms with E-state index in [1.807, 2.05) is 0 Å². The molecule has 22 heavy (non-hydrogen) atoms. The normalized spacial score (nSPS) is 12.6. The number of Topliss-reactive ketones (excluding diaryl/α,β-unsaturated/α-hetero) is 1. The van der Waals surface area contributed by atoms with E-state index in [1.165, 1.54) is 25.1 Å². The number of carboxylic acid groups (broad SMARTS) is 1. The Morgan fingerprint density at radius 1 is 1.23 bits per heavy atom. The van der Waals surface area contributed by atoms with E-state index in [4.69, 9.17) is 16.7 Å². The van der Waals surface area contributed by atoms with Crippen molar-refractivity contribution in [1.29, 1.82) is 0 Å². The number of pyridine rings is 1. The summed E-state index contributed by atoms with van der Waals surface area (Å²) in [7, 11) is 2.85. The lowest BCUT2D eigenvalue weighted by molar-refractivity contribution is -0.140. The van der Waals surface area contributed by atoms with Crippen molar-refractivity contribution in [3.05, 3.63) is 40.6 Å². The summed E-state index contributed by atoms with van der Waals surface area (Å²) in [6.07, 6.45) is 0. The van der Waals surface area contributed by atoms with E-state index in [1.54, 1.807) is 0 Å². The predicted molar refractivity (Wildman–Crippen MR) is 76.1 cm³/mol. The lowest BCUT2D eigenvalue weighted by atomic mass is 10.0. The maximum absolute atomic E-state index is 13.3. The molecular formula is C14H11ClF2N2O3. The van der Waals surface area contributed by atoms with Crippen LogP contribution in [0.4, 0.5) is 8.78 Å². The first kappa shape index (κ1) is 16.3. The van der Waals surface area contributed by atoms with Gasteiger partial charge in [0, 0.05) is 11.5 Å². The highest BCUT2D eigenvalue weighted by Crippen LogP contribution is 2.24. The first-order chi connectivity index (χ1) is 10.2. The summed E-state index contributed by atoms with van der Waals surface area (Å²) in [5.74, 6) is -4.33. The van der Waals surface area contributed by atoms with Crippen LogP contribution < -0.4 is 0 Å². The van der Waals surface area contributed by atoms with Crippen LogP contribution in [0.1, 0.15) is 10.4 Å². The van der Waals surface area contributed by atoms with Crippen molar-refractivity contribution < 1.29 is 23.5 Å². The second-order valence-corrected chi connectivity index (χ2v) is 5.21. The smallest absolute Gasteiger partial charge is 0.329 e. The number of carboxylic acids is 1. The number of benzene rings is 1. The quantitative estimate of drug-likeness (QED) is 0.530. The first-order valence-electron chi connectivity index (χ1n) is 6.11. The number of ketones is 1. The molecule has 0 fully saturated rings. The molecule has 1 N–H and O–H groups in total. The highest BCUT2D eigenvalue weighted by Gasteiger charge is 2.31. The Hall–Kier alpha value is -2.12. The highest BCUT2D eigenvalue weighted by atomic mass is 35.5. The fourth-order valence-electron chi connectivity index (χ4n) is 2.03. The molecule has 0 bridgehead atoms. The summed E-state index contributed by atoms with van der Waals surface area (Å²) in [5.41, 5.74) is -0.0987. The van der Waals surface area contributed by atoms with Gasteiger partial charge >= 0.3 is 5.97 Å². The minimum atomic E-state index is -1.46. The molecule has 0 spiro atoms. The zero-order valence-corrected chi connectivity index (χ0v) is 12.4. The number of rotatable bonds is 4. The number of hydrogen-bond donors (Lipinski definition) is 1. The van der Waals surface area contributed by atoms with Crippen molar-refractivity contribution in [3.63, 3.8) is 0 Å². The largest absolute Gasteiger partial charge is 0.480 e. The van der Waals surface area contributed by atoms with Crippen LogP contribution in [-0.4, -0.2) is 46.9 Å². The molecule has 0 aliphatic heterocycles. The Morgan fingerprint density at radius 2 is 1.82 bits per heavy atom. The van der Waals surface area contributed by atoms with Crippen LogP contribution in [0.5, 0.6) is 0 Å². The van der Waals surface area contributed by atoms with Gasteiger partial charge in [-0.2, -0.15) is 0 Å². The SMILES string of the molecule is CN(C)C(C(=O)O)C(=O)c1cc2cc(F)c(F)cc2nc1Cl. The number of halogens is 3. The molecule has 0 amide bonds. The maximum atomic E-state index is 13.3. The molecule has 0 aliphatic rings. The molecule has 1 aromatic carbocycles. The third-order valence-corrected chi connectivity index (χ3v) is 3.36. The van der Waals surface area contributed by atoms with Gasteiger partial charge in [-0.25, -0.2) is 13.8 Å². The maximum Gasteiger partial charge on any atom is 0.329 e. The summed E-state index contributed by atoms with van der Waals surface area (Å²) in [4.78, 5) is 28.6. The van der Waals surface area contributed by atoms with Crippen molar-refractivity contribution in [3.8, 4) is 0 Å². The zero-order chi connectivity index (χ0) is 16.6. The fraction of sp³-hybridized carbons (Fsp3) is 0.214. The molecule has 116 valence electrons. The fourth-order valence-corrected chi connectivity index (χ4v) is 2.27. The van der Waals surface area contributed by atoms with Gasteiger partial charge in [0.1, 0.15) is 5.15 Å². The number of carbonyl (C=O) groups is 2. The zero-order valence-electron chi connectivity index (χ0n) is 11.6. The van der Waals surface area contributed by atoms with Crippen LogP contribution in [0.15, 0.2) is 18.2 Å². The average molecular weight is 329 g/mol. The molecule has 2 rings (SSSR count). The number of aliphatic carboxylic acids is 1. The Morgan fingerprint density at radius 3 is 2.36 bits per heavy atom. The van der Waals surface area contributed by atoms with Gasteiger partial charge in [-0.1, -0.05) is 11.6 Å². The molecular weight excluding hydrogens is 318 g/mol. The monoisotopic (exact) mass is 328 g/mol. The predicted octanol–water partition coefficient (Wildman–Crippen LogP) is 2.36. The van der Waals surface area contributed by atoms with Crippen LogP contribution >= 0.6 is 11.6 Å². The Bertz CT molecular complexity index is 780. The summed E-state index contributed by atoms with van der Waals surface area (Å²) in [6, 6.07) is 1.47. The third kappa shape index (κ3) is 2.90. The van der Waals surface area contributed by atoms with Crippen LogP contribution in [0.2, 0.25) is 5.15 Å². The Balaban J connectivity index is 2.60. The van der Waals surface area contributed by atoms with Crippen LogP contribution in [-0.2, 0) is 4.79 Å². The van der Waals surface area contributed by atoms with E-state index < -0.39 is 29.4 Å². The molecule has 0 saturated carbocycles. The van der Waals surface area contributed by atoms with Gasteiger partial charge in [0.2, 0.25) is 0 Å². The third-order valence-electron chi connectivity index (χ3n) is 3.07. The number of carbonyl (C=O) groups excluding carboxylic acids is 1. The van der Waals surface area contributed by atoms with E-state index in [0.29, 0.717) is 0 Å². The molecule has 2 aromatic rings. The van der Waals surface area contributed by atoms with E-state index in [9.17, 15) is 18.4 Å². The summed E-state index contributed by atoms with van der Waals surface area (Å²) in [5, 5.41) is 9.01. The van der Waals surface area contributed by atoms with Crippen molar-refractivity contribution >= 4 is 34.3 Å².